The molecule has 4 nitrogen and oxygen atoms in total. The van der Waals surface area contributed by atoms with E-state index < -0.39 is 0 Å². The topological polar surface area (TPSA) is 46.1 Å². The van der Waals surface area contributed by atoms with Gasteiger partial charge in [0.2, 0.25) is 0 Å². The molecule has 0 bridgehead atoms. The summed E-state index contributed by atoms with van der Waals surface area (Å²) in [6, 6.07) is 8.25. The number of hydrogen-bond donors (Lipinski definition) is 0. The van der Waals surface area contributed by atoms with Crippen molar-refractivity contribution in [1.29, 1.82) is 0 Å². The minimum absolute atomic E-state index is 0.160. The molecule has 1 aliphatic rings. The maximum absolute atomic E-state index is 13.3. The Morgan fingerprint density at radius 1 is 1.15 bits per heavy atom. The fraction of sp³-hybridized carbons (Fsp3) is 0.476. The van der Waals surface area contributed by atoms with E-state index in [-0.39, 0.29) is 5.91 Å². The van der Waals surface area contributed by atoms with Crippen LogP contribution in [-0.4, -0.2) is 44.9 Å². The first-order chi connectivity index (χ1) is 12.8. The standard InChI is InChI=1S/C21H27N3OS/c1-2-26-12-11-24(20-9-4-3-5-10-20)21(25)18-8-6-7-17(13-18)19-14-22-16-23-15-19/h6-8,13-16,20H,2-5,9-12H2,1H3. The molecule has 0 atom stereocenters. The monoisotopic (exact) mass is 369 g/mol. The normalized spacial score (nSPS) is 15.0. The smallest absolute Gasteiger partial charge is 0.254 e. The molecule has 1 heterocycles. The molecule has 26 heavy (non-hydrogen) atoms. The van der Waals surface area contributed by atoms with Gasteiger partial charge in [0.1, 0.15) is 6.33 Å². The number of benzene rings is 1. The van der Waals surface area contributed by atoms with E-state index in [0.29, 0.717) is 6.04 Å². The summed E-state index contributed by atoms with van der Waals surface area (Å²) in [6.45, 7) is 3.00. The zero-order valence-corrected chi connectivity index (χ0v) is 16.3. The largest absolute Gasteiger partial charge is 0.335 e. The molecule has 138 valence electrons. The van der Waals surface area contributed by atoms with E-state index in [0.717, 1.165) is 47.6 Å². The van der Waals surface area contributed by atoms with Crippen molar-refractivity contribution in [2.75, 3.05) is 18.1 Å². The van der Waals surface area contributed by atoms with Crippen LogP contribution in [0, 0.1) is 0 Å². The molecule has 1 aromatic heterocycles. The molecule has 3 rings (SSSR count). The molecule has 1 aliphatic carbocycles. The van der Waals surface area contributed by atoms with Gasteiger partial charge in [-0.05, 0) is 36.3 Å². The summed E-state index contributed by atoms with van der Waals surface area (Å²) < 4.78 is 0. The predicted octanol–water partition coefficient (Wildman–Crippen LogP) is 4.67. The zero-order chi connectivity index (χ0) is 18.2. The van der Waals surface area contributed by atoms with Crippen molar-refractivity contribution in [2.24, 2.45) is 0 Å². The quantitative estimate of drug-likeness (QED) is 0.665. The number of rotatable bonds is 7. The molecule has 0 unspecified atom stereocenters. The third kappa shape index (κ3) is 4.85. The Labute approximate surface area is 160 Å². The molecular formula is C21H27N3OS. The van der Waals surface area contributed by atoms with Gasteiger partial charge in [0, 0.05) is 41.9 Å². The van der Waals surface area contributed by atoms with Gasteiger partial charge in [0.15, 0.2) is 0 Å². The molecule has 0 N–H and O–H groups in total. The highest BCUT2D eigenvalue weighted by atomic mass is 32.2. The van der Waals surface area contributed by atoms with Crippen LogP contribution in [0.2, 0.25) is 0 Å². The summed E-state index contributed by atoms with van der Waals surface area (Å²) in [7, 11) is 0. The highest BCUT2D eigenvalue weighted by Gasteiger charge is 2.26. The number of carbonyl (C=O) groups is 1. The predicted molar refractivity (Wildman–Crippen MR) is 108 cm³/mol. The minimum atomic E-state index is 0.160. The van der Waals surface area contributed by atoms with Crippen LogP contribution in [0.4, 0.5) is 0 Å². The van der Waals surface area contributed by atoms with Gasteiger partial charge in [-0.15, -0.1) is 0 Å². The Hall–Kier alpha value is -1.88. The van der Waals surface area contributed by atoms with Crippen LogP contribution in [-0.2, 0) is 0 Å². The van der Waals surface area contributed by atoms with E-state index >= 15 is 0 Å². The van der Waals surface area contributed by atoms with Crippen LogP contribution in [0.15, 0.2) is 43.0 Å². The summed E-state index contributed by atoms with van der Waals surface area (Å²) in [5.41, 5.74) is 2.69. The van der Waals surface area contributed by atoms with Crippen molar-refractivity contribution in [3.05, 3.63) is 48.5 Å². The maximum atomic E-state index is 13.3. The molecule has 0 spiro atoms. The van der Waals surface area contributed by atoms with Crippen molar-refractivity contribution >= 4 is 17.7 Å². The van der Waals surface area contributed by atoms with E-state index in [1.165, 1.54) is 25.6 Å². The minimum Gasteiger partial charge on any atom is -0.335 e. The molecule has 0 radical (unpaired) electrons. The van der Waals surface area contributed by atoms with E-state index in [9.17, 15) is 4.79 Å². The summed E-state index contributed by atoms with van der Waals surface area (Å²) in [5, 5.41) is 0. The number of thioether (sulfide) groups is 1. The fourth-order valence-electron chi connectivity index (χ4n) is 3.60. The zero-order valence-electron chi connectivity index (χ0n) is 15.4. The van der Waals surface area contributed by atoms with E-state index in [1.54, 1.807) is 12.4 Å². The Balaban J connectivity index is 1.81. The lowest BCUT2D eigenvalue weighted by Crippen LogP contribution is -2.42. The molecule has 2 aromatic rings. The van der Waals surface area contributed by atoms with E-state index in [1.807, 2.05) is 36.0 Å². The molecule has 5 heteroatoms. The summed E-state index contributed by atoms with van der Waals surface area (Å²) in [6.07, 6.45) is 11.1. The summed E-state index contributed by atoms with van der Waals surface area (Å²) in [4.78, 5) is 23.6. The average Bonchev–Trinajstić information content (AvgIpc) is 2.72. The Kier molecular flexibility index (Phi) is 7.06. The van der Waals surface area contributed by atoms with Crippen LogP contribution in [0.3, 0.4) is 0 Å². The number of hydrogen-bond acceptors (Lipinski definition) is 4. The van der Waals surface area contributed by atoms with Gasteiger partial charge in [-0.1, -0.05) is 38.3 Å². The first-order valence-electron chi connectivity index (χ1n) is 9.53. The van der Waals surface area contributed by atoms with E-state index in [2.05, 4.69) is 21.8 Å². The highest BCUT2D eigenvalue weighted by Crippen LogP contribution is 2.26. The number of nitrogens with zero attached hydrogens (tertiary/aromatic N) is 3. The van der Waals surface area contributed by atoms with Crippen LogP contribution in [0.1, 0.15) is 49.4 Å². The van der Waals surface area contributed by atoms with Gasteiger partial charge in [-0.3, -0.25) is 4.79 Å². The first-order valence-corrected chi connectivity index (χ1v) is 10.7. The lowest BCUT2D eigenvalue weighted by molar-refractivity contribution is 0.0650. The van der Waals surface area contributed by atoms with Crippen LogP contribution in [0.25, 0.3) is 11.1 Å². The van der Waals surface area contributed by atoms with Crippen LogP contribution in [0.5, 0.6) is 0 Å². The second-order valence-corrected chi connectivity index (χ2v) is 8.09. The van der Waals surface area contributed by atoms with Gasteiger partial charge in [-0.25, -0.2) is 9.97 Å². The number of amides is 1. The third-order valence-corrected chi connectivity index (χ3v) is 5.84. The second kappa shape index (κ2) is 9.72. The van der Waals surface area contributed by atoms with Gasteiger partial charge in [0.25, 0.3) is 5.91 Å². The van der Waals surface area contributed by atoms with Gasteiger partial charge in [0.05, 0.1) is 0 Å². The van der Waals surface area contributed by atoms with Crippen LogP contribution >= 0.6 is 11.8 Å². The molecule has 1 aromatic carbocycles. The van der Waals surface area contributed by atoms with Crippen LogP contribution < -0.4 is 0 Å². The van der Waals surface area contributed by atoms with Crippen molar-refractivity contribution in [3.63, 3.8) is 0 Å². The number of carbonyl (C=O) groups excluding carboxylic acids is 1. The van der Waals surface area contributed by atoms with Gasteiger partial charge in [-0.2, -0.15) is 11.8 Å². The highest BCUT2D eigenvalue weighted by molar-refractivity contribution is 7.99. The Morgan fingerprint density at radius 3 is 2.65 bits per heavy atom. The third-order valence-electron chi connectivity index (χ3n) is 4.96. The van der Waals surface area contributed by atoms with Crippen molar-refractivity contribution in [3.8, 4) is 11.1 Å². The van der Waals surface area contributed by atoms with E-state index in [4.69, 9.17) is 0 Å². The second-order valence-electron chi connectivity index (χ2n) is 6.70. The fourth-order valence-corrected chi connectivity index (χ4v) is 4.21. The Bertz CT molecular complexity index is 701. The lowest BCUT2D eigenvalue weighted by atomic mass is 9.93. The van der Waals surface area contributed by atoms with Gasteiger partial charge < -0.3 is 4.90 Å². The molecule has 0 aliphatic heterocycles. The lowest BCUT2D eigenvalue weighted by Gasteiger charge is -2.34. The summed E-state index contributed by atoms with van der Waals surface area (Å²) >= 11 is 1.90. The Morgan fingerprint density at radius 2 is 1.92 bits per heavy atom. The van der Waals surface area contributed by atoms with Crippen molar-refractivity contribution < 1.29 is 4.79 Å². The molecule has 1 fully saturated rings. The molecule has 1 saturated carbocycles. The maximum Gasteiger partial charge on any atom is 0.254 e. The summed E-state index contributed by atoms with van der Waals surface area (Å²) in [5.74, 6) is 2.26. The molecule has 0 saturated heterocycles. The van der Waals surface area contributed by atoms with Gasteiger partial charge >= 0.3 is 0 Å². The van der Waals surface area contributed by atoms with Crippen molar-refractivity contribution in [2.45, 2.75) is 45.1 Å². The first kappa shape index (κ1) is 18.9. The molecular weight excluding hydrogens is 342 g/mol. The average molecular weight is 370 g/mol. The molecule has 1 amide bonds. The SMILES string of the molecule is CCSCCN(C(=O)c1cccc(-c2cncnc2)c1)C1CCCCC1. The van der Waals surface area contributed by atoms with Crippen molar-refractivity contribution in [1.82, 2.24) is 14.9 Å². The number of aromatic nitrogens is 2.